The fraction of sp³-hybridized carbons (Fsp3) is 0.179. The Morgan fingerprint density at radius 1 is 0.979 bits per heavy atom. The summed E-state index contributed by atoms with van der Waals surface area (Å²) in [5.41, 5.74) is 5.72. The van der Waals surface area contributed by atoms with E-state index in [4.69, 9.17) is 19.7 Å². The Morgan fingerprint density at radius 3 is 2.32 bits per heavy atom. The number of aromatic nitrogens is 1. The highest BCUT2D eigenvalue weighted by Gasteiger charge is 2.35. The van der Waals surface area contributed by atoms with E-state index in [-0.39, 0.29) is 12.2 Å². The van der Waals surface area contributed by atoms with Gasteiger partial charge in [0.2, 0.25) is 0 Å². The lowest BCUT2D eigenvalue weighted by molar-refractivity contribution is -0.138. The third kappa shape index (κ3) is 6.71. The molecule has 0 spiro atoms. The second kappa shape index (κ2) is 13.9. The van der Waals surface area contributed by atoms with Crippen LogP contribution in [0.1, 0.15) is 66.1 Å². The van der Waals surface area contributed by atoms with Gasteiger partial charge in [0, 0.05) is 5.56 Å². The normalized spacial score (nSPS) is 14.4. The van der Waals surface area contributed by atoms with Crippen LogP contribution in [0.3, 0.4) is 0 Å². The van der Waals surface area contributed by atoms with Crippen LogP contribution in [0.15, 0.2) is 118 Å². The molecule has 6 rings (SSSR count). The Balaban J connectivity index is 1.41. The number of hydrogen-bond acceptors (Lipinski definition) is 7. The molecule has 1 aromatic heterocycles. The van der Waals surface area contributed by atoms with Crippen molar-refractivity contribution in [3.05, 3.63) is 162 Å². The number of ether oxygens (including phenoxy) is 2. The maximum atomic E-state index is 14.2. The summed E-state index contributed by atoms with van der Waals surface area (Å²) in [6.45, 7) is 6.59. The van der Waals surface area contributed by atoms with Crippen molar-refractivity contribution in [2.24, 2.45) is 4.99 Å². The summed E-state index contributed by atoms with van der Waals surface area (Å²) in [4.78, 5) is 33.3. The average molecular weight is 640 g/mol. The zero-order valence-corrected chi connectivity index (χ0v) is 27.2. The molecular weight excluding hydrogens is 607 g/mol. The van der Waals surface area contributed by atoms with Crippen LogP contribution in [0.5, 0.6) is 5.75 Å². The molecule has 0 bridgehead atoms. The van der Waals surface area contributed by atoms with Crippen molar-refractivity contribution < 1.29 is 14.3 Å². The lowest BCUT2D eigenvalue weighted by Gasteiger charge is -2.26. The van der Waals surface area contributed by atoms with E-state index in [1.807, 2.05) is 97.1 Å². The standard InChI is InChI=1S/C39H33N3O4S/c1-4-45-38(44)34-35(30-8-6-5-7-9-30)41-39-42(36(34)31-18-16-29(17-19-31)25(2)3)37(43)33(47-39)22-26-14-20-32(21-15-26)46-24-28-12-10-27(23-40)11-13-28/h5-22,25,36H,4,24H2,1-3H3/b33-22-/t36-/m0/s1. The average Bonchev–Trinajstić information content (AvgIpc) is 3.41. The topological polar surface area (TPSA) is 93.7 Å². The Bertz CT molecular complexity index is 2160. The van der Waals surface area contributed by atoms with Gasteiger partial charge in [0.1, 0.15) is 12.4 Å². The molecule has 0 fully saturated rings. The molecule has 5 aromatic rings. The molecule has 4 aromatic carbocycles. The van der Waals surface area contributed by atoms with Gasteiger partial charge in [-0.25, -0.2) is 9.79 Å². The summed E-state index contributed by atoms with van der Waals surface area (Å²) in [6, 6.07) is 33.8. The molecule has 234 valence electrons. The third-order valence-corrected chi connectivity index (χ3v) is 8.94. The molecule has 1 aliphatic heterocycles. The minimum atomic E-state index is -0.720. The van der Waals surface area contributed by atoms with E-state index in [2.05, 4.69) is 19.9 Å². The fourth-order valence-corrected chi connectivity index (χ4v) is 6.47. The summed E-state index contributed by atoms with van der Waals surface area (Å²) in [5, 5.41) is 9.01. The molecule has 47 heavy (non-hydrogen) atoms. The number of carbonyl (C=O) groups is 1. The second-order valence-corrected chi connectivity index (χ2v) is 12.4. The highest BCUT2D eigenvalue weighted by atomic mass is 32.1. The van der Waals surface area contributed by atoms with Gasteiger partial charge >= 0.3 is 5.97 Å². The molecule has 0 radical (unpaired) electrons. The first-order valence-electron chi connectivity index (χ1n) is 15.5. The summed E-state index contributed by atoms with van der Waals surface area (Å²) < 4.78 is 13.6. The van der Waals surface area contributed by atoms with Crippen molar-refractivity contribution in [3.8, 4) is 11.8 Å². The molecule has 0 saturated heterocycles. The van der Waals surface area contributed by atoms with Gasteiger partial charge in [0.05, 0.1) is 40.1 Å². The van der Waals surface area contributed by atoms with Crippen LogP contribution in [-0.4, -0.2) is 17.1 Å². The van der Waals surface area contributed by atoms with E-state index in [0.29, 0.717) is 44.4 Å². The van der Waals surface area contributed by atoms with Gasteiger partial charge in [0.15, 0.2) is 4.80 Å². The smallest absolute Gasteiger partial charge is 0.338 e. The Labute approximate surface area is 277 Å². The molecule has 1 aliphatic rings. The Kier molecular flexibility index (Phi) is 9.28. The van der Waals surface area contributed by atoms with Gasteiger partial charge in [-0.05, 0) is 65.4 Å². The van der Waals surface area contributed by atoms with Crippen molar-refractivity contribution >= 4 is 29.1 Å². The summed E-state index contributed by atoms with van der Waals surface area (Å²) in [7, 11) is 0. The highest BCUT2D eigenvalue weighted by molar-refractivity contribution is 7.07. The summed E-state index contributed by atoms with van der Waals surface area (Å²) in [6.07, 6.45) is 1.84. The first-order valence-corrected chi connectivity index (χ1v) is 16.3. The highest BCUT2D eigenvalue weighted by Crippen LogP contribution is 2.35. The van der Waals surface area contributed by atoms with E-state index in [1.165, 1.54) is 11.3 Å². The zero-order chi connectivity index (χ0) is 32.9. The molecule has 0 saturated carbocycles. The number of hydrogen-bond donors (Lipinski definition) is 0. The zero-order valence-electron chi connectivity index (χ0n) is 26.3. The largest absolute Gasteiger partial charge is 0.489 e. The second-order valence-electron chi connectivity index (χ2n) is 11.4. The van der Waals surface area contributed by atoms with E-state index in [1.54, 1.807) is 23.6 Å². The van der Waals surface area contributed by atoms with Crippen LogP contribution in [0.25, 0.3) is 11.8 Å². The summed E-state index contributed by atoms with van der Waals surface area (Å²) in [5.74, 6) is 0.516. The number of benzene rings is 4. The summed E-state index contributed by atoms with van der Waals surface area (Å²) >= 11 is 1.29. The Hall–Kier alpha value is -5.52. The van der Waals surface area contributed by atoms with Crippen LogP contribution >= 0.6 is 11.3 Å². The van der Waals surface area contributed by atoms with E-state index in [9.17, 15) is 9.59 Å². The lowest BCUT2D eigenvalue weighted by Crippen LogP contribution is -2.40. The maximum Gasteiger partial charge on any atom is 0.338 e. The van der Waals surface area contributed by atoms with Gasteiger partial charge < -0.3 is 9.47 Å². The third-order valence-electron chi connectivity index (χ3n) is 7.96. The van der Waals surface area contributed by atoms with Gasteiger partial charge in [-0.15, -0.1) is 0 Å². The van der Waals surface area contributed by atoms with Crippen LogP contribution in [0.4, 0.5) is 0 Å². The number of fused-ring (bicyclic) bond motifs is 1. The predicted octanol–water partition coefficient (Wildman–Crippen LogP) is 6.51. The van der Waals surface area contributed by atoms with Crippen LogP contribution in [0, 0.1) is 11.3 Å². The monoisotopic (exact) mass is 639 g/mol. The molecule has 0 N–H and O–H groups in total. The molecule has 2 heterocycles. The number of carbonyl (C=O) groups excluding carboxylic acids is 1. The van der Waals surface area contributed by atoms with Crippen molar-refractivity contribution in [1.29, 1.82) is 5.26 Å². The van der Waals surface area contributed by atoms with Crippen molar-refractivity contribution in [1.82, 2.24) is 4.57 Å². The predicted molar refractivity (Wildman–Crippen MR) is 184 cm³/mol. The van der Waals surface area contributed by atoms with Crippen molar-refractivity contribution in [3.63, 3.8) is 0 Å². The molecule has 1 atom stereocenters. The molecule has 8 heteroatoms. The number of thiazole rings is 1. The lowest BCUT2D eigenvalue weighted by atomic mass is 9.91. The molecule has 0 amide bonds. The Morgan fingerprint density at radius 2 is 1.68 bits per heavy atom. The van der Waals surface area contributed by atoms with Gasteiger partial charge in [-0.2, -0.15) is 5.26 Å². The number of nitriles is 1. The fourth-order valence-electron chi connectivity index (χ4n) is 5.47. The van der Waals surface area contributed by atoms with Crippen LogP contribution in [-0.2, 0) is 16.1 Å². The van der Waals surface area contributed by atoms with Crippen molar-refractivity contribution in [2.45, 2.75) is 39.3 Å². The molecule has 0 aliphatic carbocycles. The SMILES string of the molecule is CCOC(=O)C1=C(c2ccccc2)N=c2s/c(=C\c3ccc(OCc4ccc(C#N)cc4)cc3)c(=O)n2[C@H]1c1ccc(C(C)C)cc1. The van der Waals surface area contributed by atoms with Gasteiger partial charge in [-0.1, -0.05) is 104 Å². The number of esters is 1. The first kappa shape index (κ1) is 31.5. The van der Waals surface area contributed by atoms with E-state index >= 15 is 0 Å². The molecular formula is C39H33N3O4S. The van der Waals surface area contributed by atoms with Gasteiger partial charge in [0.25, 0.3) is 5.56 Å². The number of rotatable bonds is 9. The van der Waals surface area contributed by atoms with Gasteiger partial charge in [-0.3, -0.25) is 9.36 Å². The van der Waals surface area contributed by atoms with E-state index < -0.39 is 12.0 Å². The maximum absolute atomic E-state index is 14.2. The van der Waals surface area contributed by atoms with E-state index in [0.717, 1.165) is 27.8 Å². The number of nitrogens with zero attached hydrogens (tertiary/aromatic N) is 3. The molecule has 7 nitrogen and oxygen atoms in total. The first-order chi connectivity index (χ1) is 22.9. The van der Waals surface area contributed by atoms with Crippen LogP contribution < -0.4 is 19.6 Å². The quantitative estimate of drug-likeness (QED) is 0.172. The molecule has 0 unspecified atom stereocenters. The minimum Gasteiger partial charge on any atom is -0.489 e. The van der Waals surface area contributed by atoms with Crippen molar-refractivity contribution in [2.75, 3.05) is 6.61 Å². The van der Waals surface area contributed by atoms with Crippen LogP contribution in [0.2, 0.25) is 0 Å². The minimum absolute atomic E-state index is 0.195.